The van der Waals surface area contributed by atoms with Gasteiger partial charge in [-0.15, -0.1) is 0 Å². The molecule has 174 valence electrons. The van der Waals surface area contributed by atoms with Crippen LogP contribution >= 0.6 is 0 Å². The summed E-state index contributed by atoms with van der Waals surface area (Å²) in [6.45, 7) is 10.5. The van der Waals surface area contributed by atoms with Crippen molar-refractivity contribution < 1.29 is 0 Å². The Hall–Kier alpha value is -4.43. The molecule has 2 aliphatic rings. The van der Waals surface area contributed by atoms with Gasteiger partial charge in [0.15, 0.2) is 0 Å². The van der Waals surface area contributed by atoms with Crippen LogP contribution in [0.5, 0.6) is 0 Å². The number of aromatic nitrogens is 1. The van der Waals surface area contributed by atoms with Crippen molar-refractivity contribution in [2.75, 3.05) is 0 Å². The van der Waals surface area contributed by atoms with Gasteiger partial charge in [0, 0.05) is 23.2 Å². The molecular weight excluding hydrogens is 436 g/mol. The molecule has 0 aliphatic heterocycles. The number of para-hydroxylation sites is 2. The minimum absolute atomic E-state index is 0.0538. The van der Waals surface area contributed by atoms with Gasteiger partial charge < -0.3 is 4.98 Å². The molecule has 0 spiro atoms. The van der Waals surface area contributed by atoms with Gasteiger partial charge in [-0.1, -0.05) is 97.6 Å². The molecule has 0 fully saturated rings. The summed E-state index contributed by atoms with van der Waals surface area (Å²) in [6, 6.07) is 19.4. The van der Waals surface area contributed by atoms with E-state index in [0.717, 1.165) is 28.8 Å². The second-order valence-electron chi connectivity index (χ2n) is 9.35. The summed E-state index contributed by atoms with van der Waals surface area (Å²) in [6.07, 6.45) is 18.3. The predicted molar refractivity (Wildman–Crippen MR) is 157 cm³/mol. The minimum atomic E-state index is 0.0538. The summed E-state index contributed by atoms with van der Waals surface area (Å²) >= 11 is 0. The molecule has 2 nitrogen and oxygen atoms in total. The molecule has 0 bridgehead atoms. The lowest BCUT2D eigenvalue weighted by molar-refractivity contribution is 1.08. The average Bonchev–Trinajstić information content (AvgIpc) is 3.28. The number of hydrogen-bond acceptors (Lipinski definition) is 1. The largest absolute Gasteiger partial charge is 0.361 e. The third kappa shape index (κ3) is 3.54. The number of nitrogens with one attached hydrogen (secondary N) is 1. The summed E-state index contributed by atoms with van der Waals surface area (Å²) in [7, 11) is 0. The summed E-state index contributed by atoms with van der Waals surface area (Å²) in [4.78, 5) is 7.84. The SMILES string of the molecule is C=Nc1c(C=CC)cccc1C1C=Cc2ccc3c(c2C1=C)CC=C(c1cccc2cc[nH]c12)C=C3. The maximum Gasteiger partial charge on any atom is 0.0735 e. The predicted octanol–water partition coefficient (Wildman–Crippen LogP) is 9.01. The third-order valence-electron chi connectivity index (χ3n) is 7.35. The topological polar surface area (TPSA) is 28.1 Å². The fourth-order valence-corrected chi connectivity index (χ4v) is 5.65. The Balaban J connectivity index is 1.43. The molecule has 1 aromatic heterocycles. The maximum atomic E-state index is 4.63. The van der Waals surface area contributed by atoms with Crippen molar-refractivity contribution in [2.24, 2.45) is 4.99 Å². The highest BCUT2D eigenvalue weighted by atomic mass is 14.7. The summed E-state index contributed by atoms with van der Waals surface area (Å²) in [5.74, 6) is 0.0538. The van der Waals surface area contributed by atoms with Crippen LogP contribution in [-0.2, 0) is 6.42 Å². The quantitative estimate of drug-likeness (QED) is 0.292. The number of H-pyrrole nitrogens is 1. The van der Waals surface area contributed by atoms with Gasteiger partial charge in [-0.2, -0.15) is 0 Å². The lowest BCUT2D eigenvalue weighted by Gasteiger charge is -2.27. The van der Waals surface area contributed by atoms with Gasteiger partial charge in [0.05, 0.1) is 11.2 Å². The van der Waals surface area contributed by atoms with Crippen LogP contribution in [0.2, 0.25) is 0 Å². The third-order valence-corrected chi connectivity index (χ3v) is 7.35. The first-order chi connectivity index (χ1) is 17.7. The smallest absolute Gasteiger partial charge is 0.0735 e. The van der Waals surface area contributed by atoms with Crippen molar-refractivity contribution in [2.45, 2.75) is 19.3 Å². The minimum Gasteiger partial charge on any atom is -0.361 e. The highest BCUT2D eigenvalue weighted by molar-refractivity contribution is 5.96. The zero-order valence-electron chi connectivity index (χ0n) is 20.5. The Kier molecular flexibility index (Phi) is 5.50. The summed E-state index contributed by atoms with van der Waals surface area (Å²) in [5.41, 5.74) is 13.0. The first kappa shape index (κ1) is 22.1. The number of benzene rings is 3. The fraction of sp³-hybridized carbons (Fsp3) is 0.0882. The van der Waals surface area contributed by atoms with E-state index < -0.39 is 0 Å². The fourth-order valence-electron chi connectivity index (χ4n) is 5.65. The molecule has 2 heteroatoms. The number of nitrogens with zero attached hydrogens (tertiary/aromatic N) is 1. The van der Waals surface area contributed by atoms with E-state index >= 15 is 0 Å². The van der Waals surface area contributed by atoms with Crippen LogP contribution in [0, 0.1) is 0 Å². The van der Waals surface area contributed by atoms with Gasteiger partial charge in [0.2, 0.25) is 0 Å². The second kappa shape index (κ2) is 8.98. The highest BCUT2D eigenvalue weighted by Crippen LogP contribution is 2.45. The lowest BCUT2D eigenvalue weighted by Crippen LogP contribution is -2.09. The van der Waals surface area contributed by atoms with Gasteiger partial charge in [0.1, 0.15) is 0 Å². The molecule has 0 amide bonds. The van der Waals surface area contributed by atoms with Crippen molar-refractivity contribution in [3.8, 4) is 0 Å². The number of fused-ring (bicyclic) bond motifs is 4. The Morgan fingerprint density at radius 2 is 1.83 bits per heavy atom. The van der Waals surface area contributed by atoms with Gasteiger partial charge in [0.25, 0.3) is 0 Å². The van der Waals surface area contributed by atoms with E-state index in [1.165, 1.54) is 44.3 Å². The second-order valence-corrected chi connectivity index (χ2v) is 9.35. The molecule has 1 N–H and O–H groups in total. The molecule has 0 saturated carbocycles. The number of hydrogen-bond donors (Lipinski definition) is 1. The standard InChI is InChI=1S/C34H28N2/c1-4-7-26-8-6-11-31(33(26)35-3)28-18-17-25-15-14-23-12-13-24(16-19-29(23)32(25)22(28)2)30-10-5-9-27-20-21-36-34(27)30/h4-18,20-21,28,36H,2-3,19H2,1H3. The van der Waals surface area contributed by atoms with Gasteiger partial charge >= 0.3 is 0 Å². The molecule has 1 heterocycles. The van der Waals surface area contributed by atoms with E-state index in [1.54, 1.807) is 0 Å². The molecule has 4 aromatic rings. The zero-order valence-corrected chi connectivity index (χ0v) is 20.5. The van der Waals surface area contributed by atoms with E-state index in [9.17, 15) is 0 Å². The van der Waals surface area contributed by atoms with Crippen LogP contribution in [0.15, 0.2) is 96.7 Å². The van der Waals surface area contributed by atoms with Crippen LogP contribution in [0.1, 0.15) is 51.8 Å². The van der Waals surface area contributed by atoms with E-state index in [0.29, 0.717) is 0 Å². The Labute approximate surface area is 212 Å². The number of allylic oxidation sites excluding steroid dienone is 6. The lowest BCUT2D eigenvalue weighted by atomic mass is 9.77. The Morgan fingerprint density at radius 1 is 0.972 bits per heavy atom. The summed E-state index contributed by atoms with van der Waals surface area (Å²) in [5, 5.41) is 1.23. The van der Waals surface area contributed by atoms with Crippen molar-refractivity contribution in [1.29, 1.82) is 0 Å². The molecule has 0 radical (unpaired) electrons. The van der Waals surface area contributed by atoms with Gasteiger partial charge in [-0.05, 0) is 70.5 Å². The van der Waals surface area contributed by atoms with Crippen LogP contribution in [-0.4, -0.2) is 11.7 Å². The van der Waals surface area contributed by atoms with Crippen LogP contribution in [0.3, 0.4) is 0 Å². The summed E-state index contributed by atoms with van der Waals surface area (Å²) < 4.78 is 0. The number of aliphatic imine (C=N–C) groups is 1. The van der Waals surface area contributed by atoms with Crippen molar-refractivity contribution in [3.63, 3.8) is 0 Å². The molecule has 6 rings (SSSR count). The van der Waals surface area contributed by atoms with E-state index in [2.05, 4.69) is 114 Å². The Morgan fingerprint density at radius 3 is 2.69 bits per heavy atom. The Bertz CT molecular complexity index is 1650. The molecule has 1 unspecified atom stereocenters. The monoisotopic (exact) mass is 464 g/mol. The van der Waals surface area contributed by atoms with Crippen LogP contribution in [0.25, 0.3) is 40.3 Å². The number of rotatable bonds is 4. The first-order valence-corrected chi connectivity index (χ1v) is 12.4. The normalized spacial score (nSPS) is 16.6. The highest BCUT2D eigenvalue weighted by Gasteiger charge is 2.26. The average molecular weight is 465 g/mol. The molecule has 2 aliphatic carbocycles. The number of aromatic amines is 1. The van der Waals surface area contributed by atoms with Gasteiger partial charge in [-0.3, -0.25) is 4.99 Å². The van der Waals surface area contributed by atoms with E-state index in [1.807, 2.05) is 19.2 Å². The van der Waals surface area contributed by atoms with E-state index in [-0.39, 0.29) is 5.92 Å². The molecule has 0 saturated heterocycles. The maximum absolute atomic E-state index is 4.63. The van der Waals surface area contributed by atoms with Crippen molar-refractivity contribution >= 4 is 52.7 Å². The van der Waals surface area contributed by atoms with Crippen LogP contribution in [0.4, 0.5) is 5.69 Å². The van der Waals surface area contributed by atoms with E-state index in [4.69, 9.17) is 0 Å². The molecule has 3 aromatic carbocycles. The van der Waals surface area contributed by atoms with Crippen molar-refractivity contribution in [3.05, 3.63) is 131 Å². The molecule has 1 atom stereocenters. The molecule has 36 heavy (non-hydrogen) atoms. The van der Waals surface area contributed by atoms with Crippen molar-refractivity contribution in [1.82, 2.24) is 4.98 Å². The first-order valence-electron chi connectivity index (χ1n) is 12.4. The zero-order chi connectivity index (χ0) is 24.6. The molecular formula is C34H28N2. The van der Waals surface area contributed by atoms with Crippen LogP contribution < -0.4 is 0 Å². The van der Waals surface area contributed by atoms with Gasteiger partial charge in [-0.25, -0.2) is 0 Å².